The number of H-pyrrole nitrogens is 1. The molecule has 6 unspecified atom stereocenters. The van der Waals surface area contributed by atoms with Crippen molar-refractivity contribution in [2.24, 2.45) is 0 Å². The predicted molar refractivity (Wildman–Crippen MR) is 163 cm³/mol. The summed E-state index contributed by atoms with van der Waals surface area (Å²) in [7, 11) is -14.6. The highest BCUT2D eigenvalue weighted by Crippen LogP contribution is 2.64. The molecule has 1 aliphatic rings. The second-order valence-corrected chi connectivity index (χ2v) is 16.8. The molecule has 2 aromatic heterocycles. The first-order chi connectivity index (χ1) is 22.1. The Morgan fingerprint density at radius 3 is 2.02 bits per heavy atom. The van der Waals surface area contributed by atoms with E-state index in [1.807, 2.05) is 0 Å². The quantitative estimate of drug-likeness (QED) is 0.0672. The minimum Gasteiger partial charge on any atom is -0.386 e. The predicted octanol–water partition coefficient (Wildman–Crippen LogP) is -0.267. The third-order valence-electron chi connectivity index (χ3n) is 6.09. The third-order valence-corrected chi connectivity index (χ3v) is 11.4. The van der Waals surface area contributed by atoms with Gasteiger partial charge >= 0.3 is 31.3 Å². The van der Waals surface area contributed by atoms with E-state index in [4.69, 9.17) is 28.6 Å². The van der Waals surface area contributed by atoms with E-state index in [0.717, 1.165) is 10.9 Å². The largest absolute Gasteiger partial charge is 0.484 e. The molecule has 3 heterocycles. The van der Waals surface area contributed by atoms with Gasteiger partial charge in [0, 0.05) is 0 Å². The van der Waals surface area contributed by atoms with Crippen LogP contribution in [0.15, 0.2) is 11.1 Å². The molecule has 6 atom stereocenters. The van der Waals surface area contributed by atoms with Gasteiger partial charge in [0.2, 0.25) is 5.95 Å². The zero-order valence-electron chi connectivity index (χ0n) is 26.1. The monoisotopic (exact) mass is 773 g/mol. The Morgan fingerprint density at radius 1 is 0.938 bits per heavy atom. The first-order valence-corrected chi connectivity index (χ1v) is 19.8. The van der Waals surface area contributed by atoms with Gasteiger partial charge in [-0.3, -0.25) is 32.4 Å². The number of aromatic amines is 1. The minimum absolute atomic E-state index is 0.181. The van der Waals surface area contributed by atoms with Crippen molar-refractivity contribution in [3.05, 3.63) is 16.7 Å². The lowest BCUT2D eigenvalue weighted by atomic mass is 10.1. The lowest BCUT2D eigenvalue weighted by molar-refractivity contribution is -0.0514. The number of nitrogen functional groups attached to an aromatic ring is 1. The summed E-state index contributed by atoms with van der Waals surface area (Å²) in [4.78, 5) is 63.5. The Morgan fingerprint density at radius 2 is 1.48 bits per heavy atom. The fourth-order valence-corrected chi connectivity index (χ4v) is 8.72. The van der Waals surface area contributed by atoms with E-state index in [9.17, 15) is 47.7 Å². The van der Waals surface area contributed by atoms with Crippen molar-refractivity contribution in [3.8, 4) is 0 Å². The highest BCUT2D eigenvalue weighted by atomic mass is 31.3. The maximum absolute atomic E-state index is 13.5. The summed E-state index contributed by atoms with van der Waals surface area (Å²) in [5.41, 5.74) is 4.42. The summed E-state index contributed by atoms with van der Waals surface area (Å²) in [5, 5.41) is 11.3. The van der Waals surface area contributed by atoms with Gasteiger partial charge in [0.15, 0.2) is 17.4 Å². The molecule has 48 heavy (non-hydrogen) atoms. The average Bonchev–Trinajstić information content (AvgIpc) is 3.46. The van der Waals surface area contributed by atoms with Gasteiger partial charge in [0.05, 0.1) is 26.1 Å². The number of nitrogens with two attached hydrogens (primary N) is 1. The molecule has 1 aliphatic heterocycles. The second-order valence-electron chi connectivity index (χ2n) is 10.7. The van der Waals surface area contributed by atoms with Crippen LogP contribution in [0.1, 0.15) is 19.1 Å². The second kappa shape index (κ2) is 16.7. The van der Waals surface area contributed by atoms with Crippen LogP contribution < -0.4 is 11.3 Å². The van der Waals surface area contributed by atoms with Crippen molar-refractivity contribution in [1.29, 1.82) is 0 Å². The molecule has 0 bridgehead atoms. The first-order valence-electron chi connectivity index (χ1n) is 13.8. The van der Waals surface area contributed by atoms with Crippen LogP contribution in [0.3, 0.4) is 0 Å². The number of aliphatic hydroxyl groups is 1. The fraction of sp³-hybridized carbons (Fsp3) is 0.750. The summed E-state index contributed by atoms with van der Waals surface area (Å²) in [6.45, 7) is -1.01. The number of ether oxygens (including phenoxy) is 1. The van der Waals surface area contributed by atoms with Gasteiger partial charge in [-0.1, -0.05) is 0 Å². The van der Waals surface area contributed by atoms with Crippen LogP contribution in [0.4, 0.5) is 5.95 Å². The van der Waals surface area contributed by atoms with Gasteiger partial charge < -0.3 is 45.0 Å². The molecule has 28 heteroatoms. The summed E-state index contributed by atoms with van der Waals surface area (Å²) < 4.78 is 86.3. The van der Waals surface area contributed by atoms with Gasteiger partial charge in [0.1, 0.15) is 18.3 Å². The Bertz CT molecular complexity index is 1630. The number of anilines is 1. The number of hydrogen-bond donors (Lipinski definition) is 7. The molecule has 0 aromatic carbocycles. The molecule has 0 radical (unpaired) electrons. The van der Waals surface area contributed by atoms with E-state index >= 15 is 0 Å². The molecule has 276 valence electrons. The molecular weight excluding hydrogens is 734 g/mol. The number of phosphoric acid groups is 4. The number of hydrogen-bond acceptors (Lipinski definition) is 18. The van der Waals surface area contributed by atoms with Crippen LogP contribution in [0.5, 0.6) is 0 Å². The van der Waals surface area contributed by atoms with Crippen molar-refractivity contribution in [2.45, 2.75) is 37.4 Å². The Kier molecular flexibility index (Phi) is 14.2. The standard InChI is InChI=1S/C20H39N7O17P4/c1-25(2)7-5-9-38-47(36,43-45(30,31)32)40-11-13-16(42-48(37,44-46(33,34)35)39-10-6-8-26(3)4)15(28)19(41-13)27-12-22-14-17(27)23-20(21)24-18(14)29/h12-13,15-16,19,28H,5-11H2,1-4H3,(H2,30,31,32)(H2,33,34,35)(H3,21,23,24,29). The van der Waals surface area contributed by atoms with Crippen molar-refractivity contribution < 1.29 is 74.4 Å². The number of fused-ring (bicyclic) bond motifs is 1. The normalized spacial score (nSPS) is 23.2. The van der Waals surface area contributed by atoms with E-state index in [-0.39, 0.29) is 36.6 Å². The number of phosphoric ester groups is 2. The zero-order chi connectivity index (χ0) is 36.1. The Hall–Kier alpha value is -1.49. The van der Waals surface area contributed by atoms with Crippen LogP contribution in [0.25, 0.3) is 11.2 Å². The molecule has 24 nitrogen and oxygen atoms in total. The highest BCUT2D eigenvalue weighted by Gasteiger charge is 2.52. The van der Waals surface area contributed by atoms with Crippen LogP contribution in [0, 0.1) is 0 Å². The number of aromatic nitrogens is 4. The van der Waals surface area contributed by atoms with Gasteiger partial charge in [-0.15, -0.1) is 0 Å². The zero-order valence-corrected chi connectivity index (χ0v) is 29.7. The topological polar surface area (TPSA) is 330 Å². The van der Waals surface area contributed by atoms with Crippen LogP contribution >= 0.6 is 31.3 Å². The molecular formula is C20H39N7O17P4. The minimum atomic E-state index is -5.58. The molecule has 1 fully saturated rings. The Balaban J connectivity index is 1.97. The van der Waals surface area contributed by atoms with Crippen LogP contribution in [-0.4, -0.2) is 133 Å². The molecule has 2 aromatic rings. The van der Waals surface area contributed by atoms with Crippen molar-refractivity contribution >= 4 is 48.4 Å². The van der Waals surface area contributed by atoms with E-state index in [0.29, 0.717) is 13.1 Å². The Labute approximate surface area is 273 Å². The molecule has 0 aliphatic carbocycles. The maximum atomic E-state index is 13.5. The summed E-state index contributed by atoms with van der Waals surface area (Å²) in [6.07, 6.45) is -5.95. The third kappa shape index (κ3) is 12.4. The number of nitrogens with one attached hydrogen (secondary N) is 1. The van der Waals surface area contributed by atoms with Gasteiger partial charge in [-0.05, 0) is 54.1 Å². The van der Waals surface area contributed by atoms with E-state index in [1.54, 1.807) is 38.0 Å². The van der Waals surface area contributed by atoms with Gasteiger partial charge in [-0.25, -0.2) is 23.2 Å². The fourth-order valence-electron chi connectivity index (χ4n) is 4.19. The van der Waals surface area contributed by atoms with Crippen LogP contribution in [-0.2, 0) is 49.7 Å². The van der Waals surface area contributed by atoms with E-state index in [2.05, 4.69) is 23.6 Å². The smallest absolute Gasteiger partial charge is 0.386 e. The van der Waals surface area contributed by atoms with Crippen molar-refractivity contribution in [1.82, 2.24) is 29.3 Å². The van der Waals surface area contributed by atoms with Crippen molar-refractivity contribution in [2.75, 3.05) is 66.8 Å². The summed E-state index contributed by atoms with van der Waals surface area (Å²) in [5.74, 6) is -0.345. The lowest BCUT2D eigenvalue weighted by Gasteiger charge is -2.26. The SMILES string of the molecule is CN(C)CCCOP(=O)(OCC1OC(n2cnc3c(=O)[nH]c(N)nc32)C(O)C1OP(=O)(OCCCN(C)C)OP(=O)(O)O)OP(=O)(O)O. The molecule has 0 amide bonds. The lowest BCUT2D eigenvalue weighted by Crippen LogP contribution is -2.36. The van der Waals surface area contributed by atoms with Crippen molar-refractivity contribution in [3.63, 3.8) is 0 Å². The number of aliphatic hydroxyl groups excluding tert-OH is 1. The highest BCUT2D eigenvalue weighted by molar-refractivity contribution is 7.61. The number of rotatable bonds is 20. The first kappa shape index (κ1) is 40.9. The average molecular weight is 773 g/mol. The summed E-state index contributed by atoms with van der Waals surface area (Å²) >= 11 is 0. The molecule has 8 N–H and O–H groups in total. The van der Waals surface area contributed by atoms with Gasteiger partial charge in [-0.2, -0.15) is 13.6 Å². The summed E-state index contributed by atoms with van der Waals surface area (Å²) in [6, 6.07) is 0. The van der Waals surface area contributed by atoms with Crippen LogP contribution in [0.2, 0.25) is 0 Å². The maximum Gasteiger partial charge on any atom is 0.484 e. The number of imidazole rings is 1. The van der Waals surface area contributed by atoms with E-state index in [1.165, 1.54) is 0 Å². The molecule has 3 rings (SSSR count). The van der Waals surface area contributed by atoms with Gasteiger partial charge in [0.25, 0.3) is 5.56 Å². The van der Waals surface area contributed by atoms with E-state index < -0.39 is 74.6 Å². The molecule has 1 saturated heterocycles. The molecule has 0 saturated carbocycles. The molecule has 0 spiro atoms. The number of nitrogens with zero attached hydrogens (tertiary/aromatic N) is 5.